The highest BCUT2D eigenvalue weighted by Gasteiger charge is 2.27. The average molecular weight is 416 g/mol. The normalized spacial score (nSPS) is 15.2. The molecule has 2 aromatic rings. The van der Waals surface area contributed by atoms with Crippen molar-refractivity contribution in [3.63, 3.8) is 0 Å². The summed E-state index contributed by atoms with van der Waals surface area (Å²) in [5, 5.41) is 4.75. The first kappa shape index (κ1) is 21.3. The molecule has 29 heavy (non-hydrogen) atoms. The molecule has 1 N–H and O–H groups in total. The molecule has 1 fully saturated rings. The maximum absolute atomic E-state index is 13.0. The molecule has 0 spiro atoms. The van der Waals surface area contributed by atoms with Gasteiger partial charge in [0.05, 0.1) is 18.1 Å². The third-order valence-electron chi connectivity index (χ3n) is 5.07. The number of amides is 2. The number of rotatable bonds is 7. The summed E-state index contributed by atoms with van der Waals surface area (Å²) in [5.41, 5.74) is 2.24. The molecular formula is C22H29N3O3S. The van der Waals surface area contributed by atoms with Gasteiger partial charge < -0.3 is 19.9 Å². The number of benzene rings is 1. The number of anilines is 1. The van der Waals surface area contributed by atoms with Crippen molar-refractivity contribution in [1.29, 1.82) is 0 Å². The first-order valence-corrected chi connectivity index (χ1v) is 10.8. The van der Waals surface area contributed by atoms with Gasteiger partial charge in [-0.3, -0.25) is 9.59 Å². The van der Waals surface area contributed by atoms with E-state index in [-0.39, 0.29) is 17.7 Å². The zero-order valence-electron chi connectivity index (χ0n) is 17.3. The predicted molar refractivity (Wildman–Crippen MR) is 116 cm³/mol. The smallest absolute Gasteiger partial charge is 0.262 e. The van der Waals surface area contributed by atoms with Gasteiger partial charge in [-0.15, -0.1) is 11.3 Å². The molecule has 2 amide bonds. The van der Waals surface area contributed by atoms with Crippen LogP contribution in [0.1, 0.15) is 29.1 Å². The molecule has 1 aromatic carbocycles. The number of morpholine rings is 1. The van der Waals surface area contributed by atoms with E-state index in [2.05, 4.69) is 34.5 Å². The maximum Gasteiger partial charge on any atom is 0.262 e. The summed E-state index contributed by atoms with van der Waals surface area (Å²) < 4.78 is 5.40. The van der Waals surface area contributed by atoms with Crippen LogP contribution in [0.2, 0.25) is 0 Å². The summed E-state index contributed by atoms with van der Waals surface area (Å²) in [7, 11) is 1.78. The van der Waals surface area contributed by atoms with E-state index in [4.69, 9.17) is 4.74 Å². The van der Waals surface area contributed by atoms with Crippen LogP contribution < -0.4 is 10.2 Å². The molecule has 0 radical (unpaired) electrons. The zero-order chi connectivity index (χ0) is 20.8. The summed E-state index contributed by atoms with van der Waals surface area (Å²) in [5.74, 6) is -0.282. The number of nitrogens with zero attached hydrogens (tertiary/aromatic N) is 2. The molecule has 1 aliphatic heterocycles. The molecule has 156 valence electrons. The lowest BCUT2D eigenvalue weighted by Crippen LogP contribution is -2.49. The first-order chi connectivity index (χ1) is 14.0. The van der Waals surface area contributed by atoms with Crippen molar-refractivity contribution in [2.24, 2.45) is 5.92 Å². The van der Waals surface area contributed by atoms with Gasteiger partial charge in [0.1, 0.15) is 6.04 Å². The molecule has 6 nitrogen and oxygen atoms in total. The second-order valence-corrected chi connectivity index (χ2v) is 8.58. The molecule has 2 heterocycles. The van der Waals surface area contributed by atoms with Gasteiger partial charge in [-0.05, 0) is 35.1 Å². The molecule has 1 aromatic heterocycles. The van der Waals surface area contributed by atoms with Crippen molar-refractivity contribution in [1.82, 2.24) is 10.2 Å². The third kappa shape index (κ3) is 5.58. The number of nitrogens with one attached hydrogen (secondary N) is 1. The molecule has 1 aliphatic rings. The van der Waals surface area contributed by atoms with E-state index < -0.39 is 6.04 Å². The highest BCUT2D eigenvalue weighted by Crippen LogP contribution is 2.18. The molecule has 0 aliphatic carbocycles. The minimum absolute atomic E-state index is 0.00226. The summed E-state index contributed by atoms with van der Waals surface area (Å²) in [6.07, 6.45) is 0. The second kappa shape index (κ2) is 9.89. The number of hydrogen-bond donors (Lipinski definition) is 1. The Labute approximate surface area is 176 Å². The second-order valence-electron chi connectivity index (χ2n) is 7.63. The number of thiophene rings is 1. The Morgan fingerprint density at radius 2 is 1.86 bits per heavy atom. The SMILES string of the molecule is CC(C)[C@@H](NC(=O)c1cccs1)C(=O)N(C)Cc1ccc(N2CCOCC2)cc1. The van der Waals surface area contributed by atoms with Crippen LogP contribution in [0.15, 0.2) is 41.8 Å². The Morgan fingerprint density at radius 1 is 1.17 bits per heavy atom. The fourth-order valence-corrected chi connectivity index (χ4v) is 3.98. The molecular weight excluding hydrogens is 386 g/mol. The van der Waals surface area contributed by atoms with E-state index in [1.54, 1.807) is 18.0 Å². The van der Waals surface area contributed by atoms with Gasteiger partial charge in [0.2, 0.25) is 5.91 Å². The van der Waals surface area contributed by atoms with Gasteiger partial charge in [0, 0.05) is 32.4 Å². The van der Waals surface area contributed by atoms with Crippen molar-refractivity contribution < 1.29 is 14.3 Å². The van der Waals surface area contributed by atoms with Gasteiger partial charge >= 0.3 is 0 Å². The van der Waals surface area contributed by atoms with Crippen LogP contribution in [0, 0.1) is 5.92 Å². The van der Waals surface area contributed by atoms with Crippen LogP contribution >= 0.6 is 11.3 Å². The topological polar surface area (TPSA) is 61.9 Å². The fourth-order valence-electron chi connectivity index (χ4n) is 3.36. The number of carbonyl (C=O) groups is 2. The number of likely N-dealkylation sites (N-methyl/N-ethyl adjacent to an activating group) is 1. The number of ether oxygens (including phenoxy) is 1. The molecule has 1 atom stereocenters. The van der Waals surface area contributed by atoms with Crippen LogP contribution in [-0.4, -0.2) is 56.1 Å². The predicted octanol–water partition coefficient (Wildman–Crippen LogP) is 3.00. The summed E-state index contributed by atoms with van der Waals surface area (Å²) in [6.45, 7) is 7.71. The quantitative estimate of drug-likeness (QED) is 0.755. The first-order valence-electron chi connectivity index (χ1n) is 9.96. The Bertz CT molecular complexity index is 799. The lowest BCUT2D eigenvalue weighted by atomic mass is 10.0. The van der Waals surface area contributed by atoms with E-state index in [1.165, 1.54) is 17.0 Å². The van der Waals surface area contributed by atoms with Crippen molar-refractivity contribution >= 4 is 28.8 Å². The van der Waals surface area contributed by atoms with Crippen molar-refractivity contribution in [3.05, 3.63) is 52.2 Å². The van der Waals surface area contributed by atoms with Crippen LogP contribution in [0.5, 0.6) is 0 Å². The minimum Gasteiger partial charge on any atom is -0.378 e. The monoisotopic (exact) mass is 415 g/mol. The van der Waals surface area contributed by atoms with Crippen molar-refractivity contribution in [2.45, 2.75) is 26.4 Å². The molecule has 1 saturated heterocycles. The van der Waals surface area contributed by atoms with E-state index >= 15 is 0 Å². The Hall–Kier alpha value is -2.38. The van der Waals surface area contributed by atoms with Crippen LogP contribution in [0.4, 0.5) is 5.69 Å². The lowest BCUT2D eigenvalue weighted by Gasteiger charge is -2.29. The van der Waals surface area contributed by atoms with E-state index in [1.807, 2.05) is 25.3 Å². The summed E-state index contributed by atoms with van der Waals surface area (Å²) in [6, 6.07) is 11.4. The Balaban J connectivity index is 1.60. The molecule has 0 unspecified atom stereocenters. The zero-order valence-corrected chi connectivity index (χ0v) is 18.1. The molecule has 3 rings (SSSR count). The van der Waals surface area contributed by atoms with E-state index in [0.717, 1.165) is 31.9 Å². The highest BCUT2D eigenvalue weighted by atomic mass is 32.1. The van der Waals surface area contributed by atoms with Crippen LogP contribution in [0.25, 0.3) is 0 Å². The molecule has 0 saturated carbocycles. The number of hydrogen-bond acceptors (Lipinski definition) is 5. The van der Waals surface area contributed by atoms with Gasteiger partial charge in [0.15, 0.2) is 0 Å². The summed E-state index contributed by atoms with van der Waals surface area (Å²) >= 11 is 1.37. The van der Waals surface area contributed by atoms with Crippen LogP contribution in [-0.2, 0) is 16.1 Å². The fraction of sp³-hybridized carbons (Fsp3) is 0.455. The number of carbonyl (C=O) groups excluding carboxylic acids is 2. The Morgan fingerprint density at radius 3 is 2.45 bits per heavy atom. The minimum atomic E-state index is -0.553. The third-order valence-corrected chi connectivity index (χ3v) is 5.94. The summed E-state index contributed by atoms with van der Waals surface area (Å²) in [4.78, 5) is 30.0. The average Bonchev–Trinajstić information content (AvgIpc) is 3.27. The van der Waals surface area contributed by atoms with Gasteiger partial charge in [0.25, 0.3) is 5.91 Å². The standard InChI is InChI=1S/C22H29N3O3S/c1-16(2)20(23-21(26)19-5-4-14-29-19)22(27)24(3)15-17-6-8-18(9-7-17)25-10-12-28-13-11-25/h4-9,14,16,20H,10-13,15H2,1-3H3,(H,23,26)/t20-/m1/s1. The highest BCUT2D eigenvalue weighted by molar-refractivity contribution is 7.12. The largest absolute Gasteiger partial charge is 0.378 e. The van der Waals surface area contributed by atoms with E-state index in [9.17, 15) is 9.59 Å². The van der Waals surface area contributed by atoms with Gasteiger partial charge in [-0.25, -0.2) is 0 Å². The van der Waals surface area contributed by atoms with E-state index in [0.29, 0.717) is 11.4 Å². The molecule has 7 heteroatoms. The van der Waals surface area contributed by atoms with Gasteiger partial charge in [-0.2, -0.15) is 0 Å². The lowest BCUT2D eigenvalue weighted by molar-refractivity contribution is -0.133. The maximum atomic E-state index is 13.0. The van der Waals surface area contributed by atoms with Crippen LogP contribution in [0.3, 0.4) is 0 Å². The Kier molecular flexibility index (Phi) is 7.28. The molecule has 0 bridgehead atoms. The van der Waals surface area contributed by atoms with Crippen molar-refractivity contribution in [3.8, 4) is 0 Å². The van der Waals surface area contributed by atoms with Gasteiger partial charge in [-0.1, -0.05) is 32.0 Å². The van der Waals surface area contributed by atoms with Crippen molar-refractivity contribution in [2.75, 3.05) is 38.3 Å².